The van der Waals surface area contributed by atoms with Crippen molar-refractivity contribution in [3.63, 3.8) is 0 Å². The lowest BCUT2D eigenvalue weighted by molar-refractivity contribution is -0.127. The van der Waals surface area contributed by atoms with E-state index >= 15 is 0 Å². The number of nitrogens with two attached hydrogens (primary N) is 1. The summed E-state index contributed by atoms with van der Waals surface area (Å²) in [6.45, 7) is 0.360. The minimum Gasteiger partial charge on any atom is -0.454 e. The summed E-state index contributed by atoms with van der Waals surface area (Å²) in [5.41, 5.74) is 5.63. The van der Waals surface area contributed by atoms with Crippen molar-refractivity contribution in [2.75, 3.05) is 13.8 Å². The summed E-state index contributed by atoms with van der Waals surface area (Å²) in [5, 5.41) is 0. The molecule has 1 atom stereocenters. The van der Waals surface area contributed by atoms with Crippen molar-refractivity contribution < 1.29 is 14.3 Å². The second kappa shape index (κ2) is 7.18. The Labute approximate surface area is 151 Å². The smallest absolute Gasteiger partial charge is 0.231 e. The van der Waals surface area contributed by atoms with Gasteiger partial charge < -0.3 is 15.2 Å². The Balaban J connectivity index is 0.000000159. The van der Waals surface area contributed by atoms with Gasteiger partial charge in [-0.25, -0.2) is 9.98 Å². The number of hydrogen-bond donors (Lipinski definition) is 1. The summed E-state index contributed by atoms with van der Waals surface area (Å²) in [6, 6.07) is 7.45. The third-order valence-electron chi connectivity index (χ3n) is 3.48. The summed E-state index contributed by atoms with van der Waals surface area (Å²) in [4.78, 5) is 22.2. The fraction of sp³-hybridized carbons (Fsp3) is 0.267. The standard InChI is InChI=1S/C8H9BrN4OS.C7H6O2/c1-13-6(14)2-4(12-8(13)10)5-3-11-7(9)15-5;1-2-4-7-6(3-1)8-5-9-7/h3-4H,2H2,1H3,(H2,10,12);1-4H,5H2. The molecule has 0 aliphatic carbocycles. The highest BCUT2D eigenvalue weighted by atomic mass is 79.9. The lowest BCUT2D eigenvalue weighted by Gasteiger charge is -2.24. The zero-order valence-corrected chi connectivity index (χ0v) is 15.2. The van der Waals surface area contributed by atoms with Crippen LogP contribution in [0.25, 0.3) is 0 Å². The van der Waals surface area contributed by atoms with Crippen LogP contribution in [0, 0.1) is 0 Å². The summed E-state index contributed by atoms with van der Waals surface area (Å²) in [5.74, 6) is 1.94. The topological polar surface area (TPSA) is 90.0 Å². The molecule has 0 spiro atoms. The first-order valence-corrected chi connectivity index (χ1v) is 8.71. The number of benzene rings is 1. The molecule has 0 fully saturated rings. The van der Waals surface area contributed by atoms with E-state index in [1.807, 2.05) is 24.3 Å². The van der Waals surface area contributed by atoms with Crippen molar-refractivity contribution in [3.05, 3.63) is 39.3 Å². The molecule has 9 heteroatoms. The number of halogens is 1. The number of carbonyl (C=O) groups is 1. The zero-order chi connectivity index (χ0) is 17.1. The second-order valence-electron chi connectivity index (χ2n) is 5.03. The van der Waals surface area contributed by atoms with Gasteiger partial charge in [-0.15, -0.1) is 11.3 Å². The predicted molar refractivity (Wildman–Crippen MR) is 94.1 cm³/mol. The van der Waals surface area contributed by atoms with Crippen LogP contribution < -0.4 is 15.2 Å². The van der Waals surface area contributed by atoms with Crippen LogP contribution in [0.1, 0.15) is 17.3 Å². The molecule has 24 heavy (non-hydrogen) atoms. The van der Waals surface area contributed by atoms with Crippen LogP contribution in [0.3, 0.4) is 0 Å². The van der Waals surface area contributed by atoms with Crippen molar-refractivity contribution >= 4 is 39.1 Å². The molecule has 1 amide bonds. The largest absolute Gasteiger partial charge is 0.454 e. The van der Waals surface area contributed by atoms with E-state index in [0.717, 1.165) is 20.3 Å². The van der Waals surface area contributed by atoms with Crippen molar-refractivity contribution in [2.45, 2.75) is 12.5 Å². The maximum Gasteiger partial charge on any atom is 0.231 e. The Bertz CT molecular complexity index is 757. The third-order valence-corrected chi connectivity index (χ3v) is 5.05. The SMILES string of the molecule is CN1C(=O)CC(c2cnc(Br)s2)N=C1N.c1ccc2c(c1)OCO2. The van der Waals surface area contributed by atoms with E-state index in [2.05, 4.69) is 25.9 Å². The molecular formula is C15H15BrN4O3S. The number of guanidine groups is 1. The number of nitrogens with zero attached hydrogens (tertiary/aromatic N) is 3. The number of carbonyl (C=O) groups excluding carboxylic acids is 1. The van der Waals surface area contributed by atoms with E-state index in [1.165, 1.54) is 16.2 Å². The van der Waals surface area contributed by atoms with Crippen LogP contribution in [0.2, 0.25) is 0 Å². The second-order valence-corrected chi connectivity index (χ2v) is 7.37. The molecule has 2 N–H and O–H groups in total. The van der Waals surface area contributed by atoms with E-state index in [-0.39, 0.29) is 17.9 Å². The van der Waals surface area contributed by atoms with Gasteiger partial charge in [0.1, 0.15) is 0 Å². The molecule has 1 aromatic heterocycles. The number of thiazole rings is 1. The fourth-order valence-corrected chi connectivity index (χ4v) is 3.49. The number of amides is 1. The molecule has 1 aromatic carbocycles. The molecule has 1 unspecified atom stereocenters. The number of ether oxygens (including phenoxy) is 2. The maximum atomic E-state index is 11.5. The lowest BCUT2D eigenvalue weighted by atomic mass is 10.1. The third kappa shape index (κ3) is 3.68. The zero-order valence-electron chi connectivity index (χ0n) is 12.8. The molecule has 0 radical (unpaired) electrons. The Kier molecular flexibility index (Phi) is 5.00. The minimum absolute atomic E-state index is 0.0166. The molecule has 126 valence electrons. The Hall–Kier alpha value is -2.13. The Morgan fingerprint density at radius 3 is 2.54 bits per heavy atom. The van der Waals surface area contributed by atoms with Gasteiger partial charge >= 0.3 is 0 Å². The van der Waals surface area contributed by atoms with Crippen LogP contribution in [-0.4, -0.2) is 35.6 Å². The summed E-state index contributed by atoms with van der Waals surface area (Å²) < 4.78 is 10.9. The number of hydrogen-bond acceptors (Lipinski definition) is 7. The molecule has 4 rings (SSSR count). The number of para-hydroxylation sites is 2. The molecule has 0 saturated carbocycles. The van der Waals surface area contributed by atoms with Gasteiger partial charge in [-0.2, -0.15) is 0 Å². The van der Waals surface area contributed by atoms with Crippen molar-refractivity contribution in [1.29, 1.82) is 0 Å². The van der Waals surface area contributed by atoms with Gasteiger partial charge in [-0.05, 0) is 28.1 Å². The van der Waals surface area contributed by atoms with Crippen molar-refractivity contribution in [1.82, 2.24) is 9.88 Å². The first-order valence-electron chi connectivity index (χ1n) is 7.10. The monoisotopic (exact) mass is 410 g/mol. The molecule has 2 aliphatic rings. The van der Waals surface area contributed by atoms with Gasteiger partial charge in [-0.1, -0.05) is 12.1 Å². The van der Waals surface area contributed by atoms with Gasteiger partial charge in [0, 0.05) is 13.2 Å². The minimum atomic E-state index is -0.183. The van der Waals surface area contributed by atoms with Crippen LogP contribution in [0.4, 0.5) is 0 Å². The first kappa shape index (κ1) is 16.7. The summed E-state index contributed by atoms with van der Waals surface area (Å²) in [6.07, 6.45) is 2.07. The Morgan fingerprint density at radius 2 is 2.00 bits per heavy atom. The molecular weight excluding hydrogens is 396 g/mol. The summed E-state index contributed by atoms with van der Waals surface area (Å²) >= 11 is 4.74. The molecule has 0 bridgehead atoms. The average Bonchev–Trinajstić information content (AvgIpc) is 3.21. The normalized spacial score (nSPS) is 18.8. The quantitative estimate of drug-likeness (QED) is 0.779. The van der Waals surface area contributed by atoms with E-state index in [1.54, 1.807) is 13.2 Å². The highest BCUT2D eigenvalue weighted by molar-refractivity contribution is 9.11. The van der Waals surface area contributed by atoms with Crippen LogP contribution in [0.5, 0.6) is 11.5 Å². The first-order chi connectivity index (χ1) is 11.5. The average molecular weight is 411 g/mol. The highest BCUT2D eigenvalue weighted by Gasteiger charge is 2.26. The summed E-state index contributed by atoms with van der Waals surface area (Å²) in [7, 11) is 1.62. The molecule has 3 heterocycles. The number of rotatable bonds is 1. The van der Waals surface area contributed by atoms with Crippen LogP contribution in [-0.2, 0) is 4.79 Å². The van der Waals surface area contributed by atoms with Gasteiger partial charge in [0.15, 0.2) is 21.4 Å². The lowest BCUT2D eigenvalue weighted by Crippen LogP contribution is -2.42. The van der Waals surface area contributed by atoms with E-state index in [9.17, 15) is 4.79 Å². The molecule has 0 saturated heterocycles. The number of fused-ring (bicyclic) bond motifs is 1. The van der Waals surface area contributed by atoms with Gasteiger partial charge in [0.25, 0.3) is 0 Å². The van der Waals surface area contributed by atoms with Crippen LogP contribution in [0.15, 0.2) is 39.4 Å². The highest BCUT2D eigenvalue weighted by Crippen LogP contribution is 2.31. The maximum absolute atomic E-state index is 11.5. The Morgan fingerprint density at radius 1 is 1.33 bits per heavy atom. The number of aromatic nitrogens is 1. The van der Waals surface area contributed by atoms with Gasteiger partial charge in [-0.3, -0.25) is 9.69 Å². The fourth-order valence-electron chi connectivity index (χ4n) is 2.15. The van der Waals surface area contributed by atoms with E-state index in [4.69, 9.17) is 15.2 Å². The van der Waals surface area contributed by atoms with Crippen LogP contribution >= 0.6 is 27.3 Å². The van der Waals surface area contributed by atoms with Gasteiger partial charge in [0.05, 0.1) is 17.3 Å². The van der Waals surface area contributed by atoms with E-state index < -0.39 is 0 Å². The molecule has 7 nitrogen and oxygen atoms in total. The molecule has 2 aliphatic heterocycles. The van der Waals surface area contributed by atoms with E-state index in [0.29, 0.717) is 13.2 Å². The predicted octanol–water partition coefficient (Wildman–Crippen LogP) is 2.54. The molecule has 2 aromatic rings. The van der Waals surface area contributed by atoms with Crippen molar-refractivity contribution in [3.8, 4) is 11.5 Å². The number of aliphatic imine (C=N–C) groups is 1. The van der Waals surface area contributed by atoms with Gasteiger partial charge in [0.2, 0.25) is 12.7 Å². The van der Waals surface area contributed by atoms with Crippen molar-refractivity contribution in [2.24, 2.45) is 10.7 Å².